The fraction of sp³-hybridized carbons (Fsp3) is 0.447. The number of nitrogens with zero attached hydrogens (tertiary/aromatic N) is 2. The van der Waals surface area contributed by atoms with Crippen LogP contribution in [0.15, 0.2) is 71.4 Å². The lowest BCUT2D eigenvalue weighted by atomic mass is 9.92. The highest BCUT2D eigenvalue weighted by Gasteiger charge is 2.66. The van der Waals surface area contributed by atoms with Gasteiger partial charge in [-0.25, -0.2) is 16.8 Å². The lowest BCUT2D eigenvalue weighted by Crippen LogP contribution is -2.35. The molecule has 8 rings (SSSR count). The molecule has 2 aromatic heterocycles. The molecule has 15 heteroatoms. The average Bonchev–Trinajstić information content (AvgIpc) is 3.57. The molecule has 0 spiro atoms. The Kier molecular flexibility index (Phi) is 10.5. The molecule has 4 aliphatic rings. The number of amides is 1. The first-order valence-electron chi connectivity index (χ1n) is 17.5. The molecule has 4 unspecified atom stereocenters. The molecule has 0 radical (unpaired) electrons. The van der Waals surface area contributed by atoms with Crippen molar-refractivity contribution in [2.45, 2.75) is 37.5 Å². The number of hydrogen-bond donors (Lipinski definition) is 2. The van der Waals surface area contributed by atoms with Gasteiger partial charge in [0.05, 0.1) is 27.6 Å². The average molecular weight is 836 g/mol. The van der Waals surface area contributed by atoms with Gasteiger partial charge in [0.1, 0.15) is 0 Å². The molecule has 4 fully saturated rings. The van der Waals surface area contributed by atoms with Gasteiger partial charge in [0.15, 0.2) is 0 Å². The molecule has 2 saturated heterocycles. The number of fused-ring (bicyclic) bond motifs is 2. The fourth-order valence-electron chi connectivity index (χ4n) is 8.84. The van der Waals surface area contributed by atoms with Gasteiger partial charge in [-0.3, -0.25) is 14.2 Å². The number of rotatable bonds is 11. The van der Waals surface area contributed by atoms with Crippen LogP contribution in [0.25, 0.3) is 0 Å². The molecule has 4 heterocycles. The lowest BCUT2D eigenvalue weighted by molar-refractivity contribution is -0.130. The van der Waals surface area contributed by atoms with Crippen LogP contribution >= 0.6 is 45.9 Å². The van der Waals surface area contributed by atoms with Gasteiger partial charge in [0.25, 0.3) is 0 Å². The number of halogens is 2. The van der Waals surface area contributed by atoms with Gasteiger partial charge in [-0.15, -0.1) is 22.7 Å². The van der Waals surface area contributed by atoms with Crippen molar-refractivity contribution in [1.82, 2.24) is 9.80 Å². The van der Waals surface area contributed by atoms with Gasteiger partial charge in [0.2, 0.25) is 26.0 Å². The highest BCUT2D eigenvalue weighted by atomic mass is 35.5. The molecule has 4 atom stereocenters. The third-order valence-corrected chi connectivity index (χ3v) is 15.3. The summed E-state index contributed by atoms with van der Waals surface area (Å²) in [7, 11) is -6.54. The summed E-state index contributed by atoms with van der Waals surface area (Å²) in [6.45, 7) is 9.33. The van der Waals surface area contributed by atoms with Crippen LogP contribution < -0.4 is 9.44 Å². The van der Waals surface area contributed by atoms with Crippen molar-refractivity contribution in [2.24, 2.45) is 23.7 Å². The predicted octanol–water partition coefficient (Wildman–Crippen LogP) is 7.20. The normalized spacial score (nSPS) is 27.4. The fourth-order valence-corrected chi connectivity index (χ4v) is 11.8. The van der Waals surface area contributed by atoms with E-state index in [1.165, 1.54) is 28.7 Å². The third-order valence-electron chi connectivity index (χ3n) is 11.8. The summed E-state index contributed by atoms with van der Waals surface area (Å²) < 4.78 is 52.6. The van der Waals surface area contributed by atoms with Crippen LogP contribution in [0.4, 0.5) is 11.4 Å². The minimum Gasteiger partial charge on any atom is -0.342 e. The zero-order valence-electron chi connectivity index (χ0n) is 30.0. The van der Waals surface area contributed by atoms with Crippen molar-refractivity contribution in [3.8, 4) is 0 Å². The molecule has 2 aliphatic heterocycles. The quantitative estimate of drug-likeness (QED) is 0.165. The number of hydrogen-bond acceptors (Lipinski definition) is 8. The molecule has 2 saturated carbocycles. The number of nitrogens with one attached hydrogen (secondary N) is 2. The molecule has 284 valence electrons. The molecule has 2 aliphatic carbocycles. The Morgan fingerprint density at radius 3 is 1.62 bits per heavy atom. The second-order valence-electron chi connectivity index (χ2n) is 15.4. The van der Waals surface area contributed by atoms with E-state index in [4.69, 9.17) is 23.2 Å². The number of thiophene rings is 2. The van der Waals surface area contributed by atoms with Crippen molar-refractivity contribution < 1.29 is 21.6 Å². The first-order valence-corrected chi connectivity index (χ1v) is 23.8. The minimum atomic E-state index is -3.30. The van der Waals surface area contributed by atoms with E-state index in [1.807, 2.05) is 52.7 Å². The highest BCUT2D eigenvalue weighted by Crippen LogP contribution is 2.64. The zero-order chi connectivity index (χ0) is 37.9. The number of carbonyl (C=O) groups is 1. The molecule has 2 aromatic carbocycles. The second kappa shape index (κ2) is 14.5. The highest BCUT2D eigenvalue weighted by molar-refractivity contribution is 7.92. The van der Waals surface area contributed by atoms with Crippen LogP contribution in [-0.2, 0) is 48.5 Å². The maximum Gasteiger partial charge on any atom is 0.229 e. The monoisotopic (exact) mass is 834 g/mol. The third kappa shape index (κ3) is 8.46. The van der Waals surface area contributed by atoms with Crippen LogP contribution in [0.1, 0.15) is 36.1 Å². The van der Waals surface area contributed by atoms with Gasteiger partial charge in [-0.2, -0.15) is 0 Å². The first-order chi connectivity index (χ1) is 24.9. The Hall–Kier alpha value is -2.65. The number of benzene rings is 2. The minimum absolute atomic E-state index is 0.00232. The maximum atomic E-state index is 12.6. The molecule has 4 aromatic rings. The van der Waals surface area contributed by atoms with E-state index in [0.29, 0.717) is 45.8 Å². The van der Waals surface area contributed by atoms with E-state index in [-0.39, 0.29) is 16.7 Å². The van der Waals surface area contributed by atoms with E-state index in [2.05, 4.69) is 45.7 Å². The van der Waals surface area contributed by atoms with Crippen molar-refractivity contribution in [3.05, 3.63) is 102 Å². The SMILES string of the molecule is CC1(c2cccc(NS(C)(=O)=O)c2)C2CN(C(=O)Cc3csc(Cl)c3)CC21.CC1(c2cccc(NS(C)(=O)=O)c2)C2CN(CCc3csc(Cl)c3)CC21. The van der Waals surface area contributed by atoms with Crippen LogP contribution in [0, 0.1) is 23.7 Å². The number of sulfonamides is 2. The van der Waals surface area contributed by atoms with Crippen LogP contribution in [-0.4, -0.2) is 77.8 Å². The molecule has 1 amide bonds. The van der Waals surface area contributed by atoms with Crippen molar-refractivity contribution in [3.63, 3.8) is 0 Å². The van der Waals surface area contributed by atoms with E-state index >= 15 is 0 Å². The van der Waals surface area contributed by atoms with E-state index in [1.54, 1.807) is 17.4 Å². The molecular weight excluding hydrogens is 792 g/mol. The standard InChI is InChI=1S/C19H21ClN2O3S2.C19H23ClN2O2S2/c1-19(13-4-3-5-14(8-13)21-27(2,24)25)15-9-22(10-16(15)19)18(23)7-12-6-17(20)26-11-12;1-19(14-4-3-5-15(9-14)21-26(2,23)24)16-10-22(11-17(16)19)7-6-13-8-18(20)25-12-13/h3-6,8,11,15-16,21H,7,9-10H2,1-2H3;3-5,8-9,12,16-17,21H,6-7,10-11H2,1-2H3. The molecular formula is C38H44Cl2N4O5S4. The summed E-state index contributed by atoms with van der Waals surface area (Å²) in [5.74, 6) is 2.29. The molecule has 0 bridgehead atoms. The molecule has 2 N–H and O–H groups in total. The Balaban J connectivity index is 0.000000164. The Morgan fingerprint density at radius 1 is 0.736 bits per heavy atom. The Bertz CT molecular complexity index is 2220. The lowest BCUT2D eigenvalue weighted by Gasteiger charge is -2.25. The first kappa shape index (κ1) is 38.6. The Morgan fingerprint density at radius 2 is 1.19 bits per heavy atom. The van der Waals surface area contributed by atoms with Crippen LogP contribution in [0.5, 0.6) is 0 Å². The van der Waals surface area contributed by atoms with Gasteiger partial charge in [-0.1, -0.05) is 61.3 Å². The van der Waals surface area contributed by atoms with E-state index in [9.17, 15) is 21.6 Å². The summed E-state index contributed by atoms with van der Waals surface area (Å²) in [4.78, 5) is 17.0. The van der Waals surface area contributed by atoms with E-state index < -0.39 is 20.0 Å². The number of likely N-dealkylation sites (tertiary alicyclic amines) is 2. The maximum absolute atomic E-state index is 12.6. The Labute approximate surface area is 330 Å². The largest absolute Gasteiger partial charge is 0.342 e. The van der Waals surface area contributed by atoms with Gasteiger partial charge in [0, 0.05) is 54.9 Å². The summed E-state index contributed by atoms with van der Waals surface area (Å²) in [6, 6.07) is 19.4. The van der Waals surface area contributed by atoms with E-state index in [0.717, 1.165) is 60.9 Å². The van der Waals surface area contributed by atoms with Crippen LogP contribution in [0.3, 0.4) is 0 Å². The van der Waals surface area contributed by atoms with Crippen molar-refractivity contribution in [1.29, 1.82) is 0 Å². The topological polar surface area (TPSA) is 116 Å². The predicted molar refractivity (Wildman–Crippen MR) is 218 cm³/mol. The summed E-state index contributed by atoms with van der Waals surface area (Å²) in [6.07, 6.45) is 3.78. The van der Waals surface area contributed by atoms with Gasteiger partial charge in [-0.05, 0) is 99.5 Å². The summed E-state index contributed by atoms with van der Waals surface area (Å²) >= 11 is 15.0. The van der Waals surface area contributed by atoms with Crippen LogP contribution in [0.2, 0.25) is 8.67 Å². The molecule has 53 heavy (non-hydrogen) atoms. The number of piperidine rings is 2. The second-order valence-corrected chi connectivity index (χ2v) is 22.0. The van der Waals surface area contributed by atoms with Gasteiger partial charge >= 0.3 is 0 Å². The summed E-state index contributed by atoms with van der Waals surface area (Å²) in [5, 5.41) is 4.07. The van der Waals surface area contributed by atoms with Crippen molar-refractivity contribution >= 4 is 83.2 Å². The van der Waals surface area contributed by atoms with Gasteiger partial charge < -0.3 is 9.80 Å². The summed E-state index contributed by atoms with van der Waals surface area (Å²) in [5.41, 5.74) is 6.06. The number of anilines is 2. The number of carbonyl (C=O) groups excluding carboxylic acids is 1. The molecule has 9 nitrogen and oxygen atoms in total. The zero-order valence-corrected chi connectivity index (χ0v) is 34.8. The van der Waals surface area contributed by atoms with Crippen molar-refractivity contribution in [2.75, 3.05) is 54.7 Å². The smallest absolute Gasteiger partial charge is 0.229 e.